The number of thiocarbonyl (C=S) groups is 1. The topological polar surface area (TPSA) is 67.1 Å². The van der Waals surface area contributed by atoms with E-state index in [2.05, 4.69) is 10.6 Å². The summed E-state index contributed by atoms with van der Waals surface area (Å²) in [6, 6.07) is 9.78. The highest BCUT2D eigenvalue weighted by atomic mass is 35.5. The van der Waals surface area contributed by atoms with Crippen LogP contribution in [0.3, 0.4) is 0 Å². The van der Waals surface area contributed by atoms with Gasteiger partial charge in [0.2, 0.25) is 0 Å². The van der Waals surface area contributed by atoms with E-state index in [0.29, 0.717) is 22.0 Å². The van der Waals surface area contributed by atoms with Crippen LogP contribution in [0.2, 0.25) is 5.02 Å². The number of hydrogen-bond acceptors (Lipinski definition) is 2. The smallest absolute Gasteiger partial charge is 0.323 e. The number of urea groups is 1. The quantitative estimate of drug-likeness (QED) is 0.753. The molecule has 0 aliphatic carbocycles. The molecule has 2 rings (SSSR count). The number of hydrogen-bond donors (Lipinski definition) is 3. The van der Waals surface area contributed by atoms with Gasteiger partial charge in [0.05, 0.1) is 10.7 Å². The zero-order valence-corrected chi connectivity index (χ0v) is 12.3. The Labute approximate surface area is 131 Å². The van der Waals surface area contributed by atoms with Crippen LogP contribution in [0.1, 0.15) is 5.56 Å². The van der Waals surface area contributed by atoms with Crippen LogP contribution in [0.15, 0.2) is 42.5 Å². The molecule has 0 atom stereocenters. The minimum atomic E-state index is -0.553. The second-order valence-electron chi connectivity index (χ2n) is 4.15. The van der Waals surface area contributed by atoms with Crippen LogP contribution in [-0.4, -0.2) is 11.0 Å². The minimum absolute atomic E-state index is 0.195. The van der Waals surface area contributed by atoms with E-state index in [1.54, 1.807) is 24.3 Å². The Morgan fingerprint density at radius 1 is 1.19 bits per heavy atom. The van der Waals surface area contributed by atoms with Gasteiger partial charge in [0.1, 0.15) is 10.8 Å². The first-order chi connectivity index (χ1) is 9.95. The summed E-state index contributed by atoms with van der Waals surface area (Å²) in [7, 11) is 0. The third-order valence-electron chi connectivity index (χ3n) is 2.58. The van der Waals surface area contributed by atoms with Crippen molar-refractivity contribution in [2.75, 3.05) is 10.6 Å². The average molecular weight is 324 g/mol. The summed E-state index contributed by atoms with van der Waals surface area (Å²) in [5, 5.41) is 5.39. The van der Waals surface area contributed by atoms with Crippen molar-refractivity contribution in [2.45, 2.75) is 0 Å². The lowest BCUT2D eigenvalue weighted by Gasteiger charge is -2.10. The fourth-order valence-electron chi connectivity index (χ4n) is 1.63. The lowest BCUT2D eigenvalue weighted by atomic mass is 10.2. The van der Waals surface area contributed by atoms with Crippen molar-refractivity contribution >= 4 is 46.2 Å². The molecule has 0 radical (unpaired) electrons. The van der Waals surface area contributed by atoms with Gasteiger partial charge in [-0.2, -0.15) is 0 Å². The number of carbonyl (C=O) groups excluding carboxylic acids is 1. The molecule has 21 heavy (non-hydrogen) atoms. The van der Waals surface area contributed by atoms with E-state index < -0.39 is 11.8 Å². The average Bonchev–Trinajstić information content (AvgIpc) is 2.41. The van der Waals surface area contributed by atoms with Gasteiger partial charge in [0, 0.05) is 11.3 Å². The molecule has 108 valence electrons. The maximum absolute atomic E-state index is 13.0. The van der Waals surface area contributed by atoms with Crippen LogP contribution >= 0.6 is 23.8 Å². The molecular formula is C14H11ClFN3OS. The highest BCUT2D eigenvalue weighted by molar-refractivity contribution is 7.80. The molecule has 4 N–H and O–H groups in total. The lowest BCUT2D eigenvalue weighted by molar-refractivity contribution is 0.262. The second kappa shape index (κ2) is 6.51. The Morgan fingerprint density at radius 3 is 2.62 bits per heavy atom. The summed E-state index contributed by atoms with van der Waals surface area (Å²) in [5.74, 6) is -0.443. The van der Waals surface area contributed by atoms with Crippen LogP contribution in [0.25, 0.3) is 0 Å². The van der Waals surface area contributed by atoms with Crippen molar-refractivity contribution in [2.24, 2.45) is 5.73 Å². The van der Waals surface area contributed by atoms with Gasteiger partial charge in [0.15, 0.2) is 0 Å². The standard InChI is InChI=1S/C14H11ClFN3OS/c15-11-5-4-8(13(17)21)6-12(11)19-14(20)18-10-3-1-2-9(16)7-10/h1-7H,(H2,17,21)(H2,18,19,20). The Hall–Kier alpha value is -2.18. The monoisotopic (exact) mass is 323 g/mol. The van der Waals surface area contributed by atoms with Gasteiger partial charge in [-0.15, -0.1) is 0 Å². The molecule has 0 saturated carbocycles. The molecule has 0 unspecified atom stereocenters. The molecule has 2 aromatic rings. The van der Waals surface area contributed by atoms with E-state index in [-0.39, 0.29) is 4.99 Å². The van der Waals surface area contributed by atoms with E-state index in [9.17, 15) is 9.18 Å². The van der Waals surface area contributed by atoms with Gasteiger partial charge >= 0.3 is 6.03 Å². The van der Waals surface area contributed by atoms with Gasteiger partial charge in [-0.1, -0.05) is 36.0 Å². The Bertz CT molecular complexity index is 708. The van der Waals surface area contributed by atoms with E-state index in [0.717, 1.165) is 0 Å². The molecule has 0 spiro atoms. The summed E-state index contributed by atoms with van der Waals surface area (Å²) in [5.41, 5.74) is 6.79. The van der Waals surface area contributed by atoms with Crippen LogP contribution in [0.5, 0.6) is 0 Å². The van der Waals surface area contributed by atoms with Crippen LogP contribution in [0.4, 0.5) is 20.6 Å². The first-order valence-electron chi connectivity index (χ1n) is 5.88. The summed E-state index contributed by atoms with van der Waals surface area (Å²) in [6.45, 7) is 0. The molecule has 0 aromatic heterocycles. The molecule has 0 aliphatic heterocycles. The summed E-state index contributed by atoms with van der Waals surface area (Å²) in [4.78, 5) is 12.1. The van der Waals surface area contributed by atoms with Crippen LogP contribution in [0, 0.1) is 5.82 Å². The molecule has 2 amide bonds. The van der Waals surface area contributed by atoms with E-state index in [1.807, 2.05) is 0 Å². The minimum Gasteiger partial charge on any atom is -0.389 e. The third kappa shape index (κ3) is 4.14. The number of anilines is 2. The predicted octanol–water partition coefficient (Wildman–Crippen LogP) is 3.76. The van der Waals surface area contributed by atoms with E-state index in [1.165, 1.54) is 18.2 Å². The van der Waals surface area contributed by atoms with E-state index >= 15 is 0 Å². The number of nitrogens with two attached hydrogens (primary N) is 1. The Kier molecular flexibility index (Phi) is 4.72. The number of halogens is 2. The number of amides is 2. The highest BCUT2D eigenvalue weighted by Crippen LogP contribution is 2.23. The Balaban J connectivity index is 2.12. The first kappa shape index (κ1) is 15.2. The molecule has 2 aromatic carbocycles. The molecule has 0 heterocycles. The number of benzene rings is 2. The first-order valence-corrected chi connectivity index (χ1v) is 6.67. The number of carbonyl (C=O) groups is 1. The summed E-state index contributed by atoms with van der Waals surface area (Å²) >= 11 is 10.8. The zero-order chi connectivity index (χ0) is 15.4. The van der Waals surface area contributed by atoms with Gasteiger partial charge in [-0.3, -0.25) is 0 Å². The maximum Gasteiger partial charge on any atom is 0.323 e. The zero-order valence-electron chi connectivity index (χ0n) is 10.7. The summed E-state index contributed by atoms with van der Waals surface area (Å²) < 4.78 is 13.0. The highest BCUT2D eigenvalue weighted by Gasteiger charge is 2.08. The van der Waals surface area contributed by atoms with Gasteiger partial charge < -0.3 is 16.4 Å². The molecule has 0 bridgehead atoms. The molecule has 0 saturated heterocycles. The van der Waals surface area contributed by atoms with Crippen molar-refractivity contribution in [3.05, 3.63) is 58.9 Å². The van der Waals surface area contributed by atoms with Crippen molar-refractivity contribution in [3.63, 3.8) is 0 Å². The fraction of sp³-hybridized carbons (Fsp3) is 0. The lowest BCUT2D eigenvalue weighted by Crippen LogP contribution is -2.20. The number of nitrogens with one attached hydrogen (secondary N) is 2. The number of rotatable bonds is 3. The molecular weight excluding hydrogens is 313 g/mol. The third-order valence-corrected chi connectivity index (χ3v) is 3.15. The SMILES string of the molecule is NC(=S)c1ccc(Cl)c(NC(=O)Nc2cccc(F)c2)c1. The van der Waals surface area contributed by atoms with Crippen molar-refractivity contribution in [3.8, 4) is 0 Å². The van der Waals surface area contributed by atoms with Crippen LogP contribution < -0.4 is 16.4 Å². The molecule has 0 fully saturated rings. The van der Waals surface area contributed by atoms with Gasteiger partial charge in [-0.25, -0.2) is 9.18 Å². The summed E-state index contributed by atoms with van der Waals surface area (Å²) in [6.07, 6.45) is 0. The normalized spacial score (nSPS) is 10.0. The predicted molar refractivity (Wildman–Crippen MR) is 86.4 cm³/mol. The van der Waals surface area contributed by atoms with Gasteiger partial charge in [-0.05, 0) is 30.3 Å². The van der Waals surface area contributed by atoms with E-state index in [4.69, 9.17) is 29.6 Å². The molecule has 4 nitrogen and oxygen atoms in total. The van der Waals surface area contributed by atoms with Gasteiger partial charge in [0.25, 0.3) is 0 Å². The largest absolute Gasteiger partial charge is 0.389 e. The van der Waals surface area contributed by atoms with Crippen molar-refractivity contribution < 1.29 is 9.18 Å². The Morgan fingerprint density at radius 2 is 1.95 bits per heavy atom. The maximum atomic E-state index is 13.0. The van der Waals surface area contributed by atoms with Crippen molar-refractivity contribution in [1.29, 1.82) is 0 Å². The second-order valence-corrected chi connectivity index (χ2v) is 5.00. The fourth-order valence-corrected chi connectivity index (χ4v) is 1.92. The molecule has 0 aliphatic rings. The van der Waals surface area contributed by atoms with Crippen molar-refractivity contribution in [1.82, 2.24) is 0 Å². The van der Waals surface area contributed by atoms with Crippen LogP contribution in [-0.2, 0) is 0 Å². The molecule has 7 heteroatoms.